The molecule has 0 aliphatic rings. The van der Waals surface area contributed by atoms with Crippen LogP contribution < -0.4 is 15.8 Å². The maximum atomic E-state index is 11.8. The molecule has 2 rings (SSSR count). The first-order chi connectivity index (χ1) is 9.69. The lowest BCUT2D eigenvalue weighted by atomic mass is 10.3. The van der Waals surface area contributed by atoms with Gasteiger partial charge in [-0.1, -0.05) is 0 Å². The van der Waals surface area contributed by atoms with Gasteiger partial charge in [-0.2, -0.15) is 0 Å². The number of carbonyl (C=O) groups is 1. The third-order valence-corrected chi connectivity index (χ3v) is 2.71. The fourth-order valence-electron chi connectivity index (χ4n) is 1.59. The van der Waals surface area contributed by atoms with Crippen LogP contribution in [-0.2, 0) is 17.9 Å². The lowest BCUT2D eigenvalue weighted by molar-refractivity contribution is -0.127. The van der Waals surface area contributed by atoms with E-state index in [-0.39, 0.29) is 5.91 Å². The average molecular weight is 275 g/mol. The van der Waals surface area contributed by atoms with Gasteiger partial charge in [-0.05, 0) is 31.2 Å². The highest BCUT2D eigenvalue weighted by atomic mass is 16.5. The fraction of sp³-hybridized carbons (Fsp3) is 0.286. The van der Waals surface area contributed by atoms with E-state index in [2.05, 4.69) is 10.3 Å². The van der Waals surface area contributed by atoms with Gasteiger partial charge in [0, 0.05) is 6.54 Å². The molecule has 6 nitrogen and oxygen atoms in total. The van der Waals surface area contributed by atoms with Crippen molar-refractivity contribution in [2.24, 2.45) is 5.73 Å². The van der Waals surface area contributed by atoms with Gasteiger partial charge in [0.25, 0.3) is 5.91 Å². The summed E-state index contributed by atoms with van der Waals surface area (Å²) in [7, 11) is 0. The number of furan rings is 1. The van der Waals surface area contributed by atoms with E-state index in [0.29, 0.717) is 24.6 Å². The molecule has 0 bridgehead atoms. The van der Waals surface area contributed by atoms with E-state index < -0.39 is 6.10 Å². The molecular formula is C14H17N3O3. The molecule has 2 heterocycles. The Balaban J connectivity index is 1.83. The lowest BCUT2D eigenvalue weighted by Crippen LogP contribution is -2.35. The number of ether oxygens (including phenoxy) is 1. The molecule has 0 saturated carbocycles. The summed E-state index contributed by atoms with van der Waals surface area (Å²) in [4.78, 5) is 15.9. The largest absolute Gasteiger partial charge is 0.479 e. The first-order valence-corrected chi connectivity index (χ1v) is 6.31. The summed E-state index contributed by atoms with van der Waals surface area (Å²) in [6.45, 7) is 2.39. The number of nitrogens with one attached hydrogen (secondary N) is 1. The summed E-state index contributed by atoms with van der Waals surface area (Å²) in [6.07, 6.45) is 2.50. The zero-order valence-corrected chi connectivity index (χ0v) is 11.2. The predicted octanol–water partition coefficient (Wildman–Crippen LogP) is 1.22. The number of rotatable bonds is 6. The van der Waals surface area contributed by atoms with Gasteiger partial charge in [0.2, 0.25) is 0 Å². The van der Waals surface area contributed by atoms with E-state index in [0.717, 1.165) is 5.69 Å². The molecule has 2 aromatic heterocycles. The van der Waals surface area contributed by atoms with Gasteiger partial charge in [-0.15, -0.1) is 0 Å². The average Bonchev–Trinajstić information content (AvgIpc) is 2.98. The van der Waals surface area contributed by atoms with Gasteiger partial charge in [0.15, 0.2) is 6.10 Å². The summed E-state index contributed by atoms with van der Waals surface area (Å²) < 4.78 is 10.6. The molecule has 1 unspecified atom stereocenters. The minimum Gasteiger partial charge on any atom is -0.479 e. The van der Waals surface area contributed by atoms with E-state index in [4.69, 9.17) is 14.9 Å². The molecular weight excluding hydrogens is 258 g/mol. The van der Waals surface area contributed by atoms with Crippen LogP contribution in [-0.4, -0.2) is 17.0 Å². The number of carbonyl (C=O) groups excluding carboxylic acids is 1. The van der Waals surface area contributed by atoms with Crippen molar-refractivity contribution in [3.05, 3.63) is 48.2 Å². The standard InChI is InChI=1S/C14H17N3O3/c1-10(14(18)17-8-12-3-2-6-19-12)20-13-5-4-11(7-15)16-9-13/h2-6,9-10H,7-8,15H2,1H3,(H,17,18). The molecule has 1 amide bonds. The van der Waals surface area contributed by atoms with E-state index in [1.54, 1.807) is 43.6 Å². The van der Waals surface area contributed by atoms with Crippen LogP contribution in [0.2, 0.25) is 0 Å². The monoisotopic (exact) mass is 275 g/mol. The van der Waals surface area contributed by atoms with Crippen molar-refractivity contribution in [2.45, 2.75) is 26.1 Å². The molecule has 20 heavy (non-hydrogen) atoms. The number of nitrogens with two attached hydrogens (primary N) is 1. The van der Waals surface area contributed by atoms with Gasteiger partial charge >= 0.3 is 0 Å². The van der Waals surface area contributed by atoms with E-state index in [1.165, 1.54) is 0 Å². The highest BCUT2D eigenvalue weighted by Crippen LogP contribution is 2.11. The van der Waals surface area contributed by atoms with Crippen molar-refractivity contribution in [1.29, 1.82) is 0 Å². The highest BCUT2D eigenvalue weighted by molar-refractivity contribution is 5.80. The fourth-order valence-corrected chi connectivity index (χ4v) is 1.59. The van der Waals surface area contributed by atoms with E-state index >= 15 is 0 Å². The van der Waals surface area contributed by atoms with Crippen molar-refractivity contribution in [1.82, 2.24) is 10.3 Å². The van der Waals surface area contributed by atoms with Crippen LogP contribution in [0.3, 0.4) is 0 Å². The Hall–Kier alpha value is -2.34. The van der Waals surface area contributed by atoms with Gasteiger partial charge in [0.1, 0.15) is 11.5 Å². The molecule has 0 radical (unpaired) electrons. The molecule has 0 aromatic carbocycles. The molecule has 2 aromatic rings. The summed E-state index contributed by atoms with van der Waals surface area (Å²) in [5.74, 6) is 1.01. The third kappa shape index (κ3) is 3.83. The molecule has 1 atom stereocenters. The number of aromatic nitrogens is 1. The van der Waals surface area contributed by atoms with Crippen LogP contribution in [0.5, 0.6) is 5.75 Å². The van der Waals surface area contributed by atoms with Gasteiger partial charge in [0.05, 0.1) is 24.7 Å². The molecule has 0 fully saturated rings. The minimum atomic E-state index is -0.615. The number of hydrogen-bond acceptors (Lipinski definition) is 5. The Labute approximate surface area is 116 Å². The predicted molar refractivity (Wildman–Crippen MR) is 72.8 cm³/mol. The van der Waals surface area contributed by atoms with Crippen LogP contribution in [0.4, 0.5) is 0 Å². The quantitative estimate of drug-likeness (QED) is 0.827. The third-order valence-electron chi connectivity index (χ3n) is 2.71. The summed E-state index contributed by atoms with van der Waals surface area (Å²) in [5.41, 5.74) is 6.23. The van der Waals surface area contributed by atoms with Crippen LogP contribution in [0, 0.1) is 0 Å². The minimum absolute atomic E-state index is 0.218. The van der Waals surface area contributed by atoms with Gasteiger partial charge in [-0.25, -0.2) is 0 Å². The lowest BCUT2D eigenvalue weighted by Gasteiger charge is -2.14. The maximum absolute atomic E-state index is 11.8. The maximum Gasteiger partial charge on any atom is 0.261 e. The molecule has 0 spiro atoms. The topological polar surface area (TPSA) is 90.4 Å². The van der Waals surface area contributed by atoms with Crippen molar-refractivity contribution in [3.63, 3.8) is 0 Å². The first-order valence-electron chi connectivity index (χ1n) is 6.31. The smallest absolute Gasteiger partial charge is 0.261 e. The van der Waals surface area contributed by atoms with Crippen LogP contribution in [0.25, 0.3) is 0 Å². The summed E-state index contributed by atoms with van der Waals surface area (Å²) in [5, 5.41) is 2.73. The Bertz CT molecular complexity index is 537. The summed E-state index contributed by atoms with van der Waals surface area (Å²) >= 11 is 0. The number of hydrogen-bond donors (Lipinski definition) is 2. The Morgan fingerprint density at radius 3 is 2.95 bits per heavy atom. The van der Waals surface area contributed by atoms with Crippen molar-refractivity contribution >= 4 is 5.91 Å². The van der Waals surface area contributed by atoms with Crippen molar-refractivity contribution in [3.8, 4) is 5.75 Å². The second-order valence-electron chi connectivity index (χ2n) is 4.25. The molecule has 0 aliphatic carbocycles. The molecule has 6 heteroatoms. The number of amides is 1. The normalized spacial score (nSPS) is 11.9. The molecule has 0 saturated heterocycles. The Kier molecular flexibility index (Phi) is 4.73. The Morgan fingerprint density at radius 1 is 1.50 bits per heavy atom. The number of nitrogens with zero attached hydrogens (tertiary/aromatic N) is 1. The Morgan fingerprint density at radius 2 is 2.35 bits per heavy atom. The molecule has 3 N–H and O–H groups in total. The second-order valence-corrected chi connectivity index (χ2v) is 4.25. The highest BCUT2D eigenvalue weighted by Gasteiger charge is 2.14. The zero-order valence-electron chi connectivity index (χ0n) is 11.2. The van der Waals surface area contributed by atoms with Gasteiger partial charge in [-0.3, -0.25) is 9.78 Å². The second kappa shape index (κ2) is 6.72. The number of pyridine rings is 1. The first kappa shape index (κ1) is 14.1. The van der Waals surface area contributed by atoms with Gasteiger partial charge < -0.3 is 20.2 Å². The molecule has 106 valence electrons. The van der Waals surface area contributed by atoms with Crippen LogP contribution in [0.1, 0.15) is 18.4 Å². The van der Waals surface area contributed by atoms with E-state index in [9.17, 15) is 4.79 Å². The SMILES string of the molecule is CC(Oc1ccc(CN)nc1)C(=O)NCc1ccco1. The van der Waals surface area contributed by atoms with E-state index in [1.807, 2.05) is 0 Å². The van der Waals surface area contributed by atoms with Crippen LogP contribution >= 0.6 is 0 Å². The van der Waals surface area contributed by atoms with Crippen molar-refractivity contribution in [2.75, 3.05) is 0 Å². The zero-order chi connectivity index (χ0) is 14.4. The molecule has 0 aliphatic heterocycles. The van der Waals surface area contributed by atoms with Crippen LogP contribution in [0.15, 0.2) is 41.1 Å². The van der Waals surface area contributed by atoms with Crippen molar-refractivity contribution < 1.29 is 13.9 Å². The summed E-state index contributed by atoms with van der Waals surface area (Å²) in [6, 6.07) is 7.07.